The van der Waals surface area contributed by atoms with E-state index in [4.69, 9.17) is 4.74 Å². The molecule has 0 radical (unpaired) electrons. The highest BCUT2D eigenvalue weighted by Gasteiger charge is 2.28. The minimum atomic E-state index is -0.0379. The van der Waals surface area contributed by atoms with Crippen molar-refractivity contribution in [2.45, 2.75) is 45.6 Å². The van der Waals surface area contributed by atoms with Gasteiger partial charge in [-0.3, -0.25) is 4.79 Å². The fraction of sp³-hybridized carbons (Fsp3) is 0.562. The van der Waals surface area contributed by atoms with Gasteiger partial charge < -0.3 is 10.1 Å². The molecule has 0 bridgehead atoms. The molecule has 0 heterocycles. The van der Waals surface area contributed by atoms with Gasteiger partial charge in [-0.1, -0.05) is 28.4 Å². The van der Waals surface area contributed by atoms with Gasteiger partial charge in [-0.25, -0.2) is 0 Å². The minimum absolute atomic E-state index is 0.0379. The number of nitrogens with one attached hydrogen (secondary N) is 1. The third-order valence-corrected chi connectivity index (χ3v) is 4.69. The summed E-state index contributed by atoms with van der Waals surface area (Å²) < 4.78 is 6.25. The lowest BCUT2D eigenvalue weighted by Gasteiger charge is -2.29. The van der Waals surface area contributed by atoms with E-state index in [0.29, 0.717) is 12.6 Å². The predicted octanol–water partition coefficient (Wildman–Crippen LogP) is 4.29. The van der Waals surface area contributed by atoms with E-state index < -0.39 is 0 Å². The second-order valence-electron chi connectivity index (χ2n) is 5.42. The van der Waals surface area contributed by atoms with Crippen LogP contribution in [0.5, 0.6) is 0 Å². The Kier molecular flexibility index (Phi) is 5.46. The average molecular weight is 340 g/mol. The molecule has 1 fully saturated rings. The predicted molar refractivity (Wildman–Crippen MR) is 84.9 cm³/mol. The number of halogens is 1. The van der Waals surface area contributed by atoms with Gasteiger partial charge in [0.2, 0.25) is 0 Å². The van der Waals surface area contributed by atoms with Gasteiger partial charge in [0.1, 0.15) is 0 Å². The lowest BCUT2D eigenvalue weighted by Crippen LogP contribution is -2.32. The molecule has 0 aliphatic heterocycles. The molecular weight excluding hydrogens is 318 g/mol. The summed E-state index contributed by atoms with van der Waals surface area (Å²) in [5.41, 5.74) is 2.33. The van der Waals surface area contributed by atoms with Crippen molar-refractivity contribution in [1.82, 2.24) is 0 Å². The first-order valence-corrected chi connectivity index (χ1v) is 8.08. The quantitative estimate of drug-likeness (QED) is 0.831. The fourth-order valence-electron chi connectivity index (χ4n) is 2.71. The van der Waals surface area contributed by atoms with Crippen molar-refractivity contribution in [1.29, 1.82) is 0 Å². The lowest BCUT2D eigenvalue weighted by atomic mass is 9.85. The third kappa shape index (κ3) is 3.98. The first-order chi connectivity index (χ1) is 9.60. The molecule has 3 nitrogen and oxygen atoms in total. The summed E-state index contributed by atoms with van der Waals surface area (Å²) in [4.78, 5) is 11.8. The first kappa shape index (κ1) is 15.4. The van der Waals surface area contributed by atoms with Gasteiger partial charge in [-0.05, 0) is 50.8 Å². The summed E-state index contributed by atoms with van der Waals surface area (Å²) in [6.07, 6.45) is 4.01. The van der Waals surface area contributed by atoms with Gasteiger partial charge in [0.25, 0.3) is 0 Å². The number of aryl methyl sites for hydroxylation is 1. The SMILES string of the molecule is CCOC(=O)C1CCCC(Nc2ccc(C)c(Br)c2)C1. The minimum Gasteiger partial charge on any atom is -0.466 e. The topological polar surface area (TPSA) is 38.3 Å². The van der Waals surface area contributed by atoms with Gasteiger partial charge in [0, 0.05) is 16.2 Å². The van der Waals surface area contributed by atoms with Crippen molar-refractivity contribution < 1.29 is 9.53 Å². The van der Waals surface area contributed by atoms with E-state index in [1.165, 1.54) is 5.56 Å². The van der Waals surface area contributed by atoms with Gasteiger partial charge in [0.05, 0.1) is 12.5 Å². The Labute approximate surface area is 129 Å². The number of benzene rings is 1. The molecule has 1 aliphatic rings. The van der Waals surface area contributed by atoms with Crippen molar-refractivity contribution in [2.75, 3.05) is 11.9 Å². The molecule has 1 aromatic rings. The van der Waals surface area contributed by atoms with Crippen LogP contribution in [0, 0.1) is 12.8 Å². The monoisotopic (exact) mass is 339 g/mol. The Bertz CT molecular complexity index is 476. The van der Waals surface area contributed by atoms with Gasteiger partial charge >= 0.3 is 5.97 Å². The molecule has 1 N–H and O–H groups in total. The molecule has 1 aromatic carbocycles. The zero-order chi connectivity index (χ0) is 14.5. The molecule has 1 aliphatic carbocycles. The van der Waals surface area contributed by atoms with Crippen LogP contribution in [0.4, 0.5) is 5.69 Å². The highest BCUT2D eigenvalue weighted by atomic mass is 79.9. The number of carbonyl (C=O) groups excluding carboxylic acids is 1. The van der Waals surface area contributed by atoms with E-state index in [-0.39, 0.29) is 11.9 Å². The third-order valence-electron chi connectivity index (χ3n) is 3.84. The van der Waals surface area contributed by atoms with Crippen LogP contribution in [0.3, 0.4) is 0 Å². The highest BCUT2D eigenvalue weighted by Crippen LogP contribution is 2.29. The molecule has 110 valence electrons. The smallest absolute Gasteiger partial charge is 0.308 e. The molecule has 20 heavy (non-hydrogen) atoms. The van der Waals surface area contributed by atoms with Crippen molar-refractivity contribution in [3.05, 3.63) is 28.2 Å². The lowest BCUT2D eigenvalue weighted by molar-refractivity contribution is -0.149. The van der Waals surface area contributed by atoms with Crippen molar-refractivity contribution in [3.8, 4) is 0 Å². The van der Waals surface area contributed by atoms with E-state index in [0.717, 1.165) is 35.8 Å². The molecule has 1 saturated carbocycles. The Morgan fingerprint density at radius 2 is 2.25 bits per heavy atom. The molecule has 4 heteroatoms. The van der Waals surface area contributed by atoms with Crippen molar-refractivity contribution in [3.63, 3.8) is 0 Å². The van der Waals surface area contributed by atoms with Gasteiger partial charge in [-0.15, -0.1) is 0 Å². The molecule has 0 saturated heterocycles. The number of anilines is 1. The van der Waals surface area contributed by atoms with Crippen molar-refractivity contribution in [2.24, 2.45) is 5.92 Å². The van der Waals surface area contributed by atoms with Crippen molar-refractivity contribution >= 4 is 27.6 Å². The van der Waals surface area contributed by atoms with Crippen LogP contribution in [0.15, 0.2) is 22.7 Å². The maximum atomic E-state index is 11.8. The zero-order valence-electron chi connectivity index (χ0n) is 12.1. The molecule has 0 aromatic heterocycles. The Morgan fingerprint density at radius 1 is 1.45 bits per heavy atom. The molecule has 2 atom stereocenters. The molecule has 0 spiro atoms. The van der Waals surface area contributed by atoms with E-state index in [1.807, 2.05) is 6.92 Å². The number of hydrogen-bond donors (Lipinski definition) is 1. The number of hydrogen-bond acceptors (Lipinski definition) is 3. The summed E-state index contributed by atoms with van der Waals surface area (Å²) in [7, 11) is 0. The normalized spacial score (nSPS) is 22.4. The summed E-state index contributed by atoms with van der Waals surface area (Å²) in [6, 6.07) is 6.64. The van der Waals surface area contributed by atoms with E-state index in [2.05, 4.69) is 46.4 Å². The molecule has 2 unspecified atom stereocenters. The summed E-state index contributed by atoms with van der Waals surface area (Å²) in [5.74, 6) is 0.0131. The number of esters is 1. The Balaban J connectivity index is 1.95. The molecule has 2 rings (SSSR count). The largest absolute Gasteiger partial charge is 0.466 e. The summed E-state index contributed by atoms with van der Waals surface area (Å²) >= 11 is 3.55. The van der Waals surface area contributed by atoms with Crippen LogP contribution in [0.25, 0.3) is 0 Å². The Hall–Kier alpha value is -1.03. The Morgan fingerprint density at radius 3 is 2.95 bits per heavy atom. The highest BCUT2D eigenvalue weighted by molar-refractivity contribution is 9.10. The second-order valence-corrected chi connectivity index (χ2v) is 6.28. The van der Waals surface area contributed by atoms with Crippen LogP contribution >= 0.6 is 15.9 Å². The van der Waals surface area contributed by atoms with Crippen LogP contribution in [0.1, 0.15) is 38.2 Å². The van der Waals surface area contributed by atoms with Crippen LogP contribution in [-0.2, 0) is 9.53 Å². The maximum absolute atomic E-state index is 11.8. The van der Waals surface area contributed by atoms with E-state index in [9.17, 15) is 4.79 Å². The maximum Gasteiger partial charge on any atom is 0.308 e. The number of rotatable bonds is 4. The zero-order valence-corrected chi connectivity index (χ0v) is 13.7. The standard InChI is InChI=1S/C16H22BrNO2/c1-3-20-16(19)12-5-4-6-13(9-12)18-14-8-7-11(2)15(17)10-14/h7-8,10,12-13,18H,3-6,9H2,1-2H3. The molecule has 0 amide bonds. The number of ether oxygens (including phenoxy) is 1. The molecular formula is C16H22BrNO2. The van der Waals surface area contributed by atoms with E-state index in [1.54, 1.807) is 0 Å². The van der Waals surface area contributed by atoms with Gasteiger partial charge in [-0.2, -0.15) is 0 Å². The number of carbonyl (C=O) groups is 1. The van der Waals surface area contributed by atoms with Gasteiger partial charge in [0.15, 0.2) is 0 Å². The van der Waals surface area contributed by atoms with Crippen LogP contribution < -0.4 is 5.32 Å². The van der Waals surface area contributed by atoms with Crippen LogP contribution in [0.2, 0.25) is 0 Å². The van der Waals surface area contributed by atoms with Crippen LogP contribution in [-0.4, -0.2) is 18.6 Å². The fourth-order valence-corrected chi connectivity index (χ4v) is 3.09. The second kappa shape index (κ2) is 7.11. The summed E-state index contributed by atoms with van der Waals surface area (Å²) in [5, 5.41) is 3.54. The first-order valence-electron chi connectivity index (χ1n) is 7.29. The summed E-state index contributed by atoms with van der Waals surface area (Å²) in [6.45, 7) is 4.41. The van der Waals surface area contributed by atoms with E-state index >= 15 is 0 Å². The average Bonchev–Trinajstić information content (AvgIpc) is 2.43.